The van der Waals surface area contributed by atoms with Crippen LogP contribution in [0.4, 0.5) is 5.69 Å². The Morgan fingerprint density at radius 3 is 2.60 bits per heavy atom. The van der Waals surface area contributed by atoms with Gasteiger partial charge >= 0.3 is 0 Å². The summed E-state index contributed by atoms with van der Waals surface area (Å²) in [4.78, 5) is 8.89. The lowest BCUT2D eigenvalue weighted by Crippen LogP contribution is -2.30. The monoisotopic (exact) mass is 522 g/mol. The number of benzene rings is 2. The van der Waals surface area contributed by atoms with E-state index in [1.165, 1.54) is 0 Å². The third-order valence-corrected chi connectivity index (χ3v) is 4.05. The lowest BCUT2D eigenvalue weighted by Gasteiger charge is -2.14. The highest BCUT2D eigenvalue weighted by atomic mass is 127. The normalized spacial score (nSPS) is 10.8. The van der Waals surface area contributed by atoms with E-state index in [2.05, 4.69) is 20.6 Å². The first kappa shape index (κ1) is 23.5. The quantitative estimate of drug-likeness (QED) is 0.248. The van der Waals surface area contributed by atoms with Gasteiger partial charge in [0.05, 0.1) is 19.9 Å². The maximum absolute atomic E-state index is 5.82. The molecule has 0 aliphatic carbocycles. The largest absolute Gasteiger partial charge is 0.493 e. The van der Waals surface area contributed by atoms with Crippen molar-refractivity contribution < 1.29 is 13.9 Å². The molecule has 160 valence electrons. The number of aromatic nitrogens is 1. The molecule has 8 heteroatoms. The zero-order valence-electron chi connectivity index (χ0n) is 17.3. The molecule has 7 nitrogen and oxygen atoms in total. The summed E-state index contributed by atoms with van der Waals surface area (Å²) in [6.07, 6.45) is 1.72. The topological polar surface area (TPSA) is 80.9 Å². The molecule has 0 bridgehead atoms. The molecule has 1 aromatic heterocycles. The number of nitrogens with zero attached hydrogens (tertiary/aromatic N) is 2. The molecule has 0 atom stereocenters. The Morgan fingerprint density at radius 2 is 1.90 bits per heavy atom. The van der Waals surface area contributed by atoms with Gasteiger partial charge in [-0.2, -0.15) is 0 Å². The number of anilines is 1. The number of hydrogen-bond donors (Lipinski definition) is 2. The van der Waals surface area contributed by atoms with Crippen molar-refractivity contribution in [2.75, 3.05) is 25.6 Å². The second-order valence-electron chi connectivity index (χ2n) is 6.10. The van der Waals surface area contributed by atoms with E-state index in [1.54, 1.807) is 13.3 Å². The fourth-order valence-electron chi connectivity index (χ4n) is 2.73. The third-order valence-electron chi connectivity index (χ3n) is 4.05. The minimum Gasteiger partial charge on any atom is -0.493 e. The Kier molecular flexibility index (Phi) is 9.46. The molecule has 0 spiro atoms. The Hall–Kier alpha value is -2.75. The van der Waals surface area contributed by atoms with Crippen molar-refractivity contribution in [2.45, 2.75) is 20.4 Å². The van der Waals surface area contributed by atoms with Gasteiger partial charge in [0.1, 0.15) is 6.54 Å². The first-order chi connectivity index (χ1) is 14.2. The Morgan fingerprint density at radius 1 is 1.10 bits per heavy atom. The molecule has 0 aliphatic heterocycles. The second kappa shape index (κ2) is 12.1. The summed E-state index contributed by atoms with van der Waals surface area (Å²) in [7, 11) is 1.62. The third kappa shape index (κ3) is 6.38. The summed E-state index contributed by atoms with van der Waals surface area (Å²) < 4.78 is 16.8. The van der Waals surface area contributed by atoms with Crippen LogP contribution in [0, 0.1) is 0 Å². The minimum absolute atomic E-state index is 0. The van der Waals surface area contributed by atoms with Crippen molar-refractivity contribution in [3.8, 4) is 22.8 Å². The van der Waals surface area contributed by atoms with Crippen molar-refractivity contribution in [3.63, 3.8) is 0 Å². The molecule has 1 heterocycles. The van der Waals surface area contributed by atoms with Crippen LogP contribution in [0.2, 0.25) is 0 Å². The molecule has 30 heavy (non-hydrogen) atoms. The zero-order valence-corrected chi connectivity index (χ0v) is 19.7. The van der Waals surface area contributed by atoms with Gasteiger partial charge in [0.25, 0.3) is 0 Å². The average Bonchev–Trinajstić information content (AvgIpc) is 3.23. The van der Waals surface area contributed by atoms with Crippen LogP contribution in [0.1, 0.15) is 19.7 Å². The standard InChI is InChI=1S/C22H26N4O3.HI/c1-4-23-22(26-17-11-12-18(28-5-2)19(13-17)27-3)25-15-21-24-14-20(29-21)16-9-7-6-8-10-16;/h6-14H,4-5,15H2,1-3H3,(H2,23,25,26);1H. The van der Waals surface area contributed by atoms with E-state index in [9.17, 15) is 0 Å². The smallest absolute Gasteiger partial charge is 0.216 e. The highest BCUT2D eigenvalue weighted by Crippen LogP contribution is 2.30. The molecule has 2 N–H and O–H groups in total. The number of aliphatic imine (C=N–C) groups is 1. The number of rotatable bonds is 8. The molecule has 3 rings (SSSR count). The fourth-order valence-corrected chi connectivity index (χ4v) is 2.73. The molecular weight excluding hydrogens is 495 g/mol. The fraction of sp³-hybridized carbons (Fsp3) is 0.273. The van der Waals surface area contributed by atoms with Crippen molar-refractivity contribution in [2.24, 2.45) is 4.99 Å². The van der Waals surface area contributed by atoms with Crippen LogP contribution in [0.15, 0.2) is 64.1 Å². The number of methoxy groups -OCH3 is 1. The summed E-state index contributed by atoms with van der Waals surface area (Å²) in [5, 5.41) is 6.48. The minimum atomic E-state index is 0. The van der Waals surface area contributed by atoms with E-state index in [0.29, 0.717) is 36.5 Å². The van der Waals surface area contributed by atoms with E-state index in [1.807, 2.05) is 62.4 Å². The zero-order chi connectivity index (χ0) is 20.5. The molecule has 0 radical (unpaired) electrons. The molecule has 0 fully saturated rings. The van der Waals surface area contributed by atoms with Crippen molar-refractivity contribution in [3.05, 3.63) is 60.6 Å². The molecule has 0 saturated carbocycles. The van der Waals surface area contributed by atoms with E-state index in [0.717, 1.165) is 23.6 Å². The number of ether oxygens (including phenoxy) is 2. The van der Waals surface area contributed by atoms with Crippen LogP contribution in [0.5, 0.6) is 11.5 Å². The van der Waals surface area contributed by atoms with E-state index >= 15 is 0 Å². The predicted octanol–water partition coefficient (Wildman–Crippen LogP) is 4.94. The number of nitrogens with one attached hydrogen (secondary N) is 2. The van der Waals surface area contributed by atoms with Gasteiger partial charge in [0.15, 0.2) is 23.2 Å². The molecule has 0 aliphatic rings. The average molecular weight is 522 g/mol. The van der Waals surface area contributed by atoms with Crippen LogP contribution in [-0.2, 0) is 6.54 Å². The van der Waals surface area contributed by atoms with Gasteiger partial charge in [0, 0.05) is 23.9 Å². The van der Waals surface area contributed by atoms with Crippen LogP contribution in [-0.4, -0.2) is 31.2 Å². The lowest BCUT2D eigenvalue weighted by molar-refractivity contribution is 0.311. The maximum Gasteiger partial charge on any atom is 0.216 e. The van der Waals surface area contributed by atoms with Crippen molar-refractivity contribution >= 4 is 35.6 Å². The molecule has 0 amide bonds. The van der Waals surface area contributed by atoms with E-state index in [-0.39, 0.29) is 24.0 Å². The van der Waals surface area contributed by atoms with Gasteiger partial charge in [-0.05, 0) is 26.0 Å². The first-order valence-corrected chi connectivity index (χ1v) is 9.59. The maximum atomic E-state index is 5.82. The lowest BCUT2D eigenvalue weighted by atomic mass is 10.2. The van der Waals surface area contributed by atoms with Crippen LogP contribution in [0.3, 0.4) is 0 Å². The summed E-state index contributed by atoms with van der Waals surface area (Å²) in [6.45, 7) is 5.56. The number of hydrogen-bond acceptors (Lipinski definition) is 5. The Labute approximate surface area is 193 Å². The Balaban J connectivity index is 0.00000320. The van der Waals surface area contributed by atoms with Crippen LogP contribution in [0.25, 0.3) is 11.3 Å². The Bertz CT molecular complexity index is 945. The highest BCUT2D eigenvalue weighted by molar-refractivity contribution is 14.0. The second-order valence-corrected chi connectivity index (χ2v) is 6.10. The first-order valence-electron chi connectivity index (χ1n) is 9.59. The summed E-state index contributed by atoms with van der Waals surface area (Å²) in [5.41, 5.74) is 1.82. The molecular formula is C22H27IN4O3. The summed E-state index contributed by atoms with van der Waals surface area (Å²) >= 11 is 0. The number of halogens is 1. The molecule has 0 unspecified atom stereocenters. The summed E-state index contributed by atoms with van der Waals surface area (Å²) in [6, 6.07) is 15.5. The molecule has 0 saturated heterocycles. The molecule has 3 aromatic rings. The molecule has 2 aromatic carbocycles. The van der Waals surface area contributed by atoms with Gasteiger partial charge in [-0.3, -0.25) is 0 Å². The van der Waals surface area contributed by atoms with E-state index in [4.69, 9.17) is 13.9 Å². The van der Waals surface area contributed by atoms with Gasteiger partial charge in [-0.25, -0.2) is 9.98 Å². The van der Waals surface area contributed by atoms with Gasteiger partial charge < -0.3 is 24.5 Å². The number of oxazole rings is 1. The summed E-state index contributed by atoms with van der Waals surface area (Å²) in [5.74, 6) is 3.26. The van der Waals surface area contributed by atoms with Gasteiger partial charge in [0.2, 0.25) is 5.89 Å². The predicted molar refractivity (Wildman–Crippen MR) is 130 cm³/mol. The number of guanidine groups is 1. The van der Waals surface area contributed by atoms with Crippen molar-refractivity contribution in [1.82, 2.24) is 10.3 Å². The van der Waals surface area contributed by atoms with Gasteiger partial charge in [-0.1, -0.05) is 30.3 Å². The SMILES string of the molecule is CCNC(=NCc1ncc(-c2ccccc2)o1)Nc1ccc(OCC)c(OC)c1.I. The van der Waals surface area contributed by atoms with Crippen LogP contribution < -0.4 is 20.1 Å². The van der Waals surface area contributed by atoms with Crippen molar-refractivity contribution in [1.29, 1.82) is 0 Å². The highest BCUT2D eigenvalue weighted by Gasteiger charge is 2.09. The van der Waals surface area contributed by atoms with E-state index < -0.39 is 0 Å². The van der Waals surface area contributed by atoms with Crippen LogP contribution >= 0.6 is 24.0 Å². The van der Waals surface area contributed by atoms with Gasteiger partial charge in [-0.15, -0.1) is 24.0 Å².